The molecule has 0 spiro atoms. The number of methoxy groups -OCH3 is 2. The number of anilines is 2. The number of hydrogen-bond donors (Lipinski definition) is 2. The molecule has 3 aromatic carbocycles. The molecule has 7 heteroatoms. The summed E-state index contributed by atoms with van der Waals surface area (Å²) in [5.74, 6) is 0.418. The third-order valence-electron chi connectivity index (χ3n) is 5.91. The Morgan fingerprint density at radius 2 is 1.31 bits per heavy atom. The Labute approximate surface area is 207 Å². The van der Waals surface area contributed by atoms with Crippen LogP contribution in [-0.4, -0.2) is 50.6 Å². The molecule has 3 aromatic rings. The van der Waals surface area contributed by atoms with E-state index in [-0.39, 0.29) is 11.8 Å². The lowest BCUT2D eigenvalue weighted by atomic mass is 10.1. The summed E-state index contributed by atoms with van der Waals surface area (Å²) in [5.41, 5.74) is 3.07. The molecular weight excluding hydrogens is 442 g/mol. The lowest BCUT2D eigenvalue weighted by Gasteiger charge is -2.20. The first-order chi connectivity index (χ1) is 17.0. The van der Waals surface area contributed by atoms with Crippen LogP contribution in [0, 0.1) is 0 Å². The van der Waals surface area contributed by atoms with Gasteiger partial charge in [0.1, 0.15) is 11.5 Å². The van der Waals surface area contributed by atoms with Gasteiger partial charge < -0.3 is 25.0 Å². The van der Waals surface area contributed by atoms with E-state index in [1.165, 1.54) is 14.2 Å². The fraction of sp³-hybridized carbons (Fsp3) is 0.286. The minimum atomic E-state index is -0.291. The number of hydrogen-bond acceptors (Lipinski definition) is 5. The van der Waals surface area contributed by atoms with Gasteiger partial charge >= 0.3 is 0 Å². The molecule has 0 aliphatic heterocycles. The monoisotopic (exact) mass is 475 g/mol. The fourth-order valence-electron chi connectivity index (χ4n) is 3.86. The second-order valence-electron chi connectivity index (χ2n) is 7.96. The number of carbonyl (C=O) groups is 2. The molecule has 2 N–H and O–H groups in total. The van der Waals surface area contributed by atoms with E-state index in [9.17, 15) is 9.59 Å². The quantitative estimate of drug-likeness (QED) is 0.404. The first-order valence-corrected chi connectivity index (χ1v) is 11.7. The molecule has 3 rings (SSSR count). The van der Waals surface area contributed by atoms with Crippen LogP contribution in [0.2, 0.25) is 0 Å². The summed E-state index contributed by atoms with van der Waals surface area (Å²) < 4.78 is 10.7. The molecule has 0 aromatic heterocycles. The SMILES string of the molecule is CCN(CC)CCc1ccc(NC(=O)c2ccccc2OC)cc1NC(=O)c1ccccc1OC. The number of nitrogens with zero attached hydrogens (tertiary/aromatic N) is 1. The molecule has 0 atom stereocenters. The smallest absolute Gasteiger partial charge is 0.259 e. The summed E-state index contributed by atoms with van der Waals surface area (Å²) in [6, 6.07) is 19.7. The van der Waals surface area contributed by atoms with Crippen LogP contribution in [0.4, 0.5) is 11.4 Å². The summed E-state index contributed by atoms with van der Waals surface area (Å²) in [6.45, 7) is 7.02. The van der Waals surface area contributed by atoms with Crippen LogP contribution < -0.4 is 20.1 Å². The number of benzene rings is 3. The third-order valence-corrected chi connectivity index (χ3v) is 5.91. The summed E-state index contributed by atoms with van der Waals surface area (Å²) in [7, 11) is 3.07. The average Bonchev–Trinajstić information content (AvgIpc) is 2.90. The van der Waals surface area contributed by atoms with Crippen molar-refractivity contribution in [3.63, 3.8) is 0 Å². The first kappa shape index (κ1) is 25.8. The van der Waals surface area contributed by atoms with Crippen LogP contribution >= 0.6 is 0 Å². The summed E-state index contributed by atoms with van der Waals surface area (Å²) in [6.07, 6.45) is 0.754. The maximum atomic E-state index is 13.1. The van der Waals surface area contributed by atoms with E-state index < -0.39 is 0 Å². The van der Waals surface area contributed by atoms with Gasteiger partial charge in [-0.15, -0.1) is 0 Å². The standard InChI is InChI=1S/C28H33N3O4/c1-5-31(6-2)18-17-20-15-16-21(29-27(32)22-11-7-9-13-25(22)34-3)19-24(20)30-28(33)23-12-8-10-14-26(23)35-4/h7-16,19H,5-6,17-18H2,1-4H3,(H,29,32)(H,30,33). The predicted molar refractivity (Wildman–Crippen MR) is 140 cm³/mol. The van der Waals surface area contributed by atoms with E-state index in [4.69, 9.17) is 9.47 Å². The lowest BCUT2D eigenvalue weighted by Crippen LogP contribution is -2.25. The van der Waals surface area contributed by atoms with Crippen molar-refractivity contribution in [1.82, 2.24) is 4.90 Å². The second-order valence-corrected chi connectivity index (χ2v) is 7.96. The Hall–Kier alpha value is -3.84. The van der Waals surface area contributed by atoms with Gasteiger partial charge in [-0.3, -0.25) is 9.59 Å². The number of para-hydroxylation sites is 2. The van der Waals surface area contributed by atoms with Gasteiger partial charge in [-0.1, -0.05) is 44.2 Å². The van der Waals surface area contributed by atoms with Crippen LogP contribution in [0.3, 0.4) is 0 Å². The van der Waals surface area contributed by atoms with Gasteiger partial charge in [0.15, 0.2) is 0 Å². The summed E-state index contributed by atoms with van der Waals surface area (Å²) in [5, 5.41) is 5.94. The van der Waals surface area contributed by atoms with Crippen molar-refractivity contribution in [2.45, 2.75) is 20.3 Å². The molecule has 0 saturated carbocycles. The van der Waals surface area contributed by atoms with Crippen molar-refractivity contribution in [3.8, 4) is 11.5 Å². The van der Waals surface area contributed by atoms with E-state index in [1.54, 1.807) is 42.5 Å². The van der Waals surface area contributed by atoms with E-state index in [2.05, 4.69) is 29.4 Å². The molecule has 0 fully saturated rings. The zero-order valence-corrected chi connectivity index (χ0v) is 20.8. The van der Waals surface area contributed by atoms with Gasteiger partial charge in [-0.2, -0.15) is 0 Å². The van der Waals surface area contributed by atoms with E-state index in [0.717, 1.165) is 31.6 Å². The third kappa shape index (κ3) is 6.61. The molecule has 0 heterocycles. The minimum Gasteiger partial charge on any atom is -0.496 e. The van der Waals surface area contributed by atoms with Crippen molar-refractivity contribution >= 4 is 23.2 Å². The molecule has 0 radical (unpaired) electrons. The van der Waals surface area contributed by atoms with Crippen molar-refractivity contribution in [2.24, 2.45) is 0 Å². The largest absolute Gasteiger partial charge is 0.496 e. The van der Waals surface area contributed by atoms with Gasteiger partial charge in [0.25, 0.3) is 11.8 Å². The highest BCUT2D eigenvalue weighted by Gasteiger charge is 2.16. The number of amides is 2. The van der Waals surface area contributed by atoms with Gasteiger partial charge in [0.05, 0.1) is 25.3 Å². The van der Waals surface area contributed by atoms with Crippen LogP contribution in [-0.2, 0) is 6.42 Å². The predicted octanol–water partition coefficient (Wildman–Crippen LogP) is 5.09. The molecule has 0 bridgehead atoms. The molecular formula is C28H33N3O4. The highest BCUT2D eigenvalue weighted by molar-refractivity contribution is 6.08. The first-order valence-electron chi connectivity index (χ1n) is 11.7. The highest BCUT2D eigenvalue weighted by Crippen LogP contribution is 2.26. The highest BCUT2D eigenvalue weighted by atomic mass is 16.5. The average molecular weight is 476 g/mol. The van der Waals surface area contributed by atoms with E-state index in [1.807, 2.05) is 24.3 Å². The number of likely N-dealkylation sites (N-methyl/N-ethyl adjacent to an activating group) is 1. The van der Waals surface area contributed by atoms with Crippen LogP contribution in [0.25, 0.3) is 0 Å². The van der Waals surface area contributed by atoms with Gasteiger partial charge in [-0.05, 0) is 61.5 Å². The van der Waals surface area contributed by atoms with Gasteiger partial charge in [-0.25, -0.2) is 0 Å². The molecule has 0 aliphatic carbocycles. The molecule has 0 unspecified atom stereocenters. The second kappa shape index (κ2) is 12.6. The summed E-state index contributed by atoms with van der Waals surface area (Å²) in [4.78, 5) is 28.4. The van der Waals surface area contributed by atoms with Gasteiger partial charge in [0.2, 0.25) is 0 Å². The Bertz CT molecular complexity index is 1160. The van der Waals surface area contributed by atoms with E-state index in [0.29, 0.717) is 34.0 Å². The van der Waals surface area contributed by atoms with Crippen molar-refractivity contribution in [3.05, 3.63) is 83.4 Å². The number of nitrogens with one attached hydrogen (secondary N) is 2. The number of ether oxygens (including phenoxy) is 2. The number of carbonyl (C=O) groups excluding carboxylic acids is 2. The Morgan fingerprint density at radius 3 is 1.86 bits per heavy atom. The maximum absolute atomic E-state index is 13.1. The normalized spacial score (nSPS) is 10.7. The Kier molecular flexibility index (Phi) is 9.26. The van der Waals surface area contributed by atoms with Crippen molar-refractivity contribution in [2.75, 3.05) is 44.5 Å². The zero-order valence-electron chi connectivity index (χ0n) is 20.8. The number of rotatable bonds is 11. The summed E-state index contributed by atoms with van der Waals surface area (Å²) >= 11 is 0. The molecule has 35 heavy (non-hydrogen) atoms. The Morgan fingerprint density at radius 1 is 0.771 bits per heavy atom. The lowest BCUT2D eigenvalue weighted by molar-refractivity contribution is 0.101. The molecule has 0 aliphatic rings. The molecule has 184 valence electrons. The van der Waals surface area contributed by atoms with Gasteiger partial charge in [0, 0.05) is 17.9 Å². The van der Waals surface area contributed by atoms with Crippen molar-refractivity contribution in [1.29, 1.82) is 0 Å². The van der Waals surface area contributed by atoms with Crippen LogP contribution in [0.15, 0.2) is 66.7 Å². The topological polar surface area (TPSA) is 79.9 Å². The molecule has 7 nitrogen and oxygen atoms in total. The zero-order chi connectivity index (χ0) is 25.2. The molecule has 2 amide bonds. The minimum absolute atomic E-state index is 0.278. The Balaban J connectivity index is 1.89. The maximum Gasteiger partial charge on any atom is 0.259 e. The van der Waals surface area contributed by atoms with E-state index >= 15 is 0 Å². The fourth-order valence-corrected chi connectivity index (χ4v) is 3.86. The molecule has 0 saturated heterocycles. The van der Waals surface area contributed by atoms with Crippen LogP contribution in [0.1, 0.15) is 40.1 Å². The van der Waals surface area contributed by atoms with Crippen molar-refractivity contribution < 1.29 is 19.1 Å². The van der Waals surface area contributed by atoms with Crippen LogP contribution in [0.5, 0.6) is 11.5 Å².